The zero-order valence-electron chi connectivity index (χ0n) is 12.0. The van der Waals surface area contributed by atoms with Gasteiger partial charge in [-0.15, -0.1) is 0 Å². The summed E-state index contributed by atoms with van der Waals surface area (Å²) in [6.07, 6.45) is 3.81. The minimum atomic E-state index is -1.56. The van der Waals surface area contributed by atoms with E-state index in [2.05, 4.69) is 5.32 Å². The van der Waals surface area contributed by atoms with E-state index in [0.717, 1.165) is 25.7 Å². The zero-order valence-corrected chi connectivity index (χ0v) is 12.0. The molecule has 0 radical (unpaired) electrons. The van der Waals surface area contributed by atoms with E-state index in [1.54, 1.807) is 6.07 Å². The van der Waals surface area contributed by atoms with E-state index >= 15 is 0 Å². The summed E-state index contributed by atoms with van der Waals surface area (Å²) in [4.78, 5) is 12.2. The molecule has 0 unspecified atom stereocenters. The van der Waals surface area contributed by atoms with Gasteiger partial charge in [-0.25, -0.2) is 4.39 Å². The van der Waals surface area contributed by atoms with E-state index < -0.39 is 23.4 Å². The molecule has 0 bridgehead atoms. The molecular weight excluding hydrogens is 273 g/mol. The fraction of sp³-hybridized carbons (Fsp3) is 0.562. The molecule has 5 heteroatoms. The average Bonchev–Trinajstić information content (AvgIpc) is 2.73. The number of carbonyl (C=O) groups is 1. The third-order valence-corrected chi connectivity index (χ3v) is 4.20. The largest absolute Gasteiger partial charge is 0.394 e. The van der Waals surface area contributed by atoms with Crippen LogP contribution in [0.2, 0.25) is 0 Å². The summed E-state index contributed by atoms with van der Waals surface area (Å²) in [6.45, 7) is -0.164. The fourth-order valence-electron chi connectivity index (χ4n) is 2.90. The molecule has 1 aliphatic rings. The highest BCUT2D eigenvalue weighted by Gasteiger charge is 2.34. The van der Waals surface area contributed by atoms with E-state index in [1.807, 2.05) is 0 Å². The lowest BCUT2D eigenvalue weighted by Crippen LogP contribution is -2.52. The summed E-state index contributed by atoms with van der Waals surface area (Å²) in [5, 5.41) is 22.4. The predicted molar refractivity (Wildman–Crippen MR) is 77.0 cm³/mol. The van der Waals surface area contributed by atoms with Crippen molar-refractivity contribution in [3.8, 4) is 0 Å². The van der Waals surface area contributed by atoms with Crippen LogP contribution in [0, 0.1) is 5.82 Å². The second-order valence-corrected chi connectivity index (χ2v) is 5.77. The molecule has 3 N–H and O–H groups in total. The van der Waals surface area contributed by atoms with Gasteiger partial charge in [0.2, 0.25) is 0 Å². The quantitative estimate of drug-likeness (QED) is 0.745. The fourth-order valence-corrected chi connectivity index (χ4v) is 2.90. The Kier molecular flexibility index (Phi) is 5.31. The van der Waals surface area contributed by atoms with E-state index in [9.17, 15) is 19.4 Å². The van der Waals surface area contributed by atoms with Gasteiger partial charge in [-0.1, -0.05) is 43.9 Å². The van der Waals surface area contributed by atoms with Gasteiger partial charge in [0.1, 0.15) is 5.82 Å². The Morgan fingerprint density at radius 3 is 2.43 bits per heavy atom. The maximum absolute atomic E-state index is 13.6. The van der Waals surface area contributed by atoms with Crippen molar-refractivity contribution in [2.24, 2.45) is 0 Å². The summed E-state index contributed by atoms with van der Waals surface area (Å²) >= 11 is 0. The number of carbonyl (C=O) groups excluding carboxylic acids is 1. The molecule has 2 rings (SSSR count). The van der Waals surface area contributed by atoms with Crippen molar-refractivity contribution in [3.05, 3.63) is 35.6 Å². The molecule has 0 spiro atoms. The number of benzene rings is 1. The van der Waals surface area contributed by atoms with Gasteiger partial charge < -0.3 is 15.5 Å². The summed E-state index contributed by atoms with van der Waals surface area (Å²) in [5.74, 6) is -1.27. The van der Waals surface area contributed by atoms with Gasteiger partial charge in [-0.2, -0.15) is 0 Å². The smallest absolute Gasteiger partial charge is 0.254 e. The first-order valence-electron chi connectivity index (χ1n) is 7.43. The van der Waals surface area contributed by atoms with E-state index in [0.29, 0.717) is 12.8 Å². The van der Waals surface area contributed by atoms with Gasteiger partial charge in [-0.05, 0) is 18.9 Å². The van der Waals surface area contributed by atoms with Crippen molar-refractivity contribution in [2.45, 2.75) is 50.2 Å². The highest BCUT2D eigenvalue weighted by molar-refractivity contribution is 5.82. The van der Waals surface area contributed by atoms with Crippen molar-refractivity contribution in [3.63, 3.8) is 0 Å². The third-order valence-electron chi connectivity index (χ3n) is 4.20. The van der Waals surface area contributed by atoms with Crippen LogP contribution in [0.4, 0.5) is 4.39 Å². The minimum Gasteiger partial charge on any atom is -0.394 e. The molecule has 1 atom stereocenters. The Morgan fingerprint density at radius 1 is 1.24 bits per heavy atom. The topological polar surface area (TPSA) is 69.6 Å². The number of amides is 1. The van der Waals surface area contributed by atoms with E-state index in [1.165, 1.54) is 18.2 Å². The summed E-state index contributed by atoms with van der Waals surface area (Å²) in [7, 11) is 0. The first kappa shape index (κ1) is 15.9. The Hall–Kier alpha value is -1.46. The highest BCUT2D eigenvalue weighted by Crippen LogP contribution is 2.28. The molecule has 1 aromatic carbocycles. The number of hydrogen-bond donors (Lipinski definition) is 3. The molecule has 1 saturated carbocycles. The van der Waals surface area contributed by atoms with Gasteiger partial charge >= 0.3 is 0 Å². The number of aliphatic hydroxyl groups is 2. The number of nitrogens with one attached hydrogen (secondary N) is 1. The van der Waals surface area contributed by atoms with Gasteiger partial charge in [0.15, 0.2) is 6.10 Å². The van der Waals surface area contributed by atoms with Gasteiger partial charge in [0.25, 0.3) is 5.91 Å². The highest BCUT2D eigenvalue weighted by atomic mass is 19.1. The first-order valence-corrected chi connectivity index (χ1v) is 7.43. The maximum atomic E-state index is 13.6. The van der Waals surface area contributed by atoms with Crippen LogP contribution in [0.3, 0.4) is 0 Å². The number of aliphatic hydroxyl groups excluding tert-OH is 2. The Labute approximate surface area is 124 Å². The van der Waals surface area contributed by atoms with Crippen LogP contribution in [0.25, 0.3) is 0 Å². The lowest BCUT2D eigenvalue weighted by Gasteiger charge is -2.33. The standard InChI is InChI=1S/C16H22FNO3/c17-13-8-4-3-7-12(13)14(20)15(21)18-16(11-19)9-5-1-2-6-10-16/h3-4,7-8,14,19-20H,1-2,5-6,9-11H2,(H,18,21)/t14-/m1/s1. The molecular formula is C16H22FNO3. The van der Waals surface area contributed by atoms with Crippen LogP contribution in [0.5, 0.6) is 0 Å². The second kappa shape index (κ2) is 7.00. The monoisotopic (exact) mass is 295 g/mol. The molecule has 1 fully saturated rings. The molecule has 4 nitrogen and oxygen atoms in total. The second-order valence-electron chi connectivity index (χ2n) is 5.77. The molecule has 0 aliphatic heterocycles. The summed E-state index contributed by atoms with van der Waals surface area (Å²) in [5.41, 5.74) is -0.739. The minimum absolute atomic E-state index is 0.0447. The van der Waals surface area contributed by atoms with E-state index in [-0.39, 0.29) is 12.2 Å². The van der Waals surface area contributed by atoms with Crippen molar-refractivity contribution < 1.29 is 19.4 Å². The number of halogens is 1. The lowest BCUT2D eigenvalue weighted by atomic mass is 9.90. The predicted octanol–water partition coefficient (Wildman–Crippen LogP) is 2.06. The lowest BCUT2D eigenvalue weighted by molar-refractivity contribution is -0.132. The molecule has 0 aromatic heterocycles. The van der Waals surface area contributed by atoms with Crippen molar-refractivity contribution in [1.82, 2.24) is 5.32 Å². The molecule has 0 saturated heterocycles. The van der Waals surface area contributed by atoms with Crippen LogP contribution in [0.15, 0.2) is 24.3 Å². The van der Waals surface area contributed by atoms with Crippen LogP contribution >= 0.6 is 0 Å². The summed E-state index contributed by atoms with van der Waals surface area (Å²) in [6, 6.07) is 5.67. The Morgan fingerprint density at radius 2 is 1.86 bits per heavy atom. The van der Waals surface area contributed by atoms with Gasteiger partial charge in [0.05, 0.1) is 12.1 Å². The average molecular weight is 295 g/mol. The number of rotatable bonds is 4. The zero-order chi connectivity index (χ0) is 15.3. The van der Waals surface area contributed by atoms with Crippen molar-refractivity contribution >= 4 is 5.91 Å². The van der Waals surface area contributed by atoms with Gasteiger partial charge in [0, 0.05) is 5.56 Å². The van der Waals surface area contributed by atoms with Gasteiger partial charge in [-0.3, -0.25) is 4.79 Å². The SMILES string of the molecule is O=C(NC1(CO)CCCCCC1)[C@H](O)c1ccccc1F. The van der Waals surface area contributed by atoms with Crippen molar-refractivity contribution in [2.75, 3.05) is 6.61 Å². The van der Waals surface area contributed by atoms with Crippen LogP contribution in [-0.4, -0.2) is 28.3 Å². The Balaban J connectivity index is 2.10. The van der Waals surface area contributed by atoms with Crippen LogP contribution in [-0.2, 0) is 4.79 Å². The van der Waals surface area contributed by atoms with Crippen molar-refractivity contribution in [1.29, 1.82) is 0 Å². The number of hydrogen-bond acceptors (Lipinski definition) is 3. The molecule has 116 valence electrons. The van der Waals surface area contributed by atoms with Crippen LogP contribution < -0.4 is 5.32 Å². The molecule has 1 aliphatic carbocycles. The Bertz CT molecular complexity index is 484. The molecule has 21 heavy (non-hydrogen) atoms. The molecule has 1 amide bonds. The molecule has 0 heterocycles. The normalized spacial score (nSPS) is 19.6. The first-order chi connectivity index (χ1) is 10.1. The summed E-state index contributed by atoms with van der Waals surface area (Å²) < 4.78 is 13.6. The third kappa shape index (κ3) is 3.80. The maximum Gasteiger partial charge on any atom is 0.254 e. The molecule has 1 aromatic rings. The van der Waals surface area contributed by atoms with Crippen LogP contribution in [0.1, 0.15) is 50.2 Å². The van der Waals surface area contributed by atoms with E-state index in [4.69, 9.17) is 0 Å².